The van der Waals surface area contributed by atoms with Crippen LogP contribution in [0.1, 0.15) is 46.5 Å². The number of hydrogen-bond acceptors (Lipinski definition) is 6. The Hall–Kier alpha value is -2.61. The summed E-state index contributed by atoms with van der Waals surface area (Å²) in [7, 11) is 0. The molecule has 1 aliphatic carbocycles. The zero-order valence-electron chi connectivity index (χ0n) is 17.2. The highest BCUT2D eigenvalue weighted by Gasteiger charge is 2.26. The van der Waals surface area contributed by atoms with E-state index in [0.717, 1.165) is 25.7 Å². The van der Waals surface area contributed by atoms with E-state index in [1.165, 1.54) is 18.5 Å². The van der Waals surface area contributed by atoms with Gasteiger partial charge in [0.2, 0.25) is 5.88 Å². The number of anilines is 2. The van der Waals surface area contributed by atoms with Gasteiger partial charge in [-0.2, -0.15) is 0 Å². The summed E-state index contributed by atoms with van der Waals surface area (Å²) in [6.45, 7) is 5.52. The molecule has 0 unspecified atom stereocenters. The van der Waals surface area contributed by atoms with Crippen LogP contribution >= 0.6 is 11.6 Å². The van der Waals surface area contributed by atoms with Gasteiger partial charge in [-0.05, 0) is 64.7 Å². The quantitative estimate of drug-likeness (QED) is 0.667. The maximum absolute atomic E-state index is 13.3. The van der Waals surface area contributed by atoms with Gasteiger partial charge in [0.15, 0.2) is 0 Å². The molecule has 1 heterocycles. The van der Waals surface area contributed by atoms with Gasteiger partial charge in [0.25, 0.3) is 0 Å². The second-order valence-corrected chi connectivity index (χ2v) is 8.64. The van der Waals surface area contributed by atoms with Gasteiger partial charge in [-0.25, -0.2) is 19.2 Å². The van der Waals surface area contributed by atoms with Gasteiger partial charge in [-0.3, -0.25) is 0 Å². The standard InChI is InChI=1S/C21H26ClFN4O3/c1-21(2,3)30-20(28)27-13-4-7-15(8-5-13)29-19-11-18(24-12-25-19)26-14-6-9-17(23)16(22)10-14/h6,9-13,15H,4-5,7-8H2,1-3H3,(H,27,28)(H,24,25,26). The van der Waals surface area contributed by atoms with Crippen LogP contribution in [-0.2, 0) is 4.74 Å². The summed E-state index contributed by atoms with van der Waals surface area (Å²) in [5.41, 5.74) is 0.0994. The second kappa shape index (κ2) is 9.47. The first-order chi connectivity index (χ1) is 14.2. The van der Waals surface area contributed by atoms with Gasteiger partial charge >= 0.3 is 6.09 Å². The third kappa shape index (κ3) is 6.73. The minimum Gasteiger partial charge on any atom is -0.474 e. The number of nitrogens with one attached hydrogen (secondary N) is 2. The fourth-order valence-corrected chi connectivity index (χ4v) is 3.34. The fourth-order valence-electron chi connectivity index (χ4n) is 3.16. The van der Waals surface area contributed by atoms with E-state index in [2.05, 4.69) is 20.6 Å². The number of halogens is 2. The van der Waals surface area contributed by atoms with E-state index in [0.29, 0.717) is 17.4 Å². The van der Waals surface area contributed by atoms with Gasteiger partial charge in [0.1, 0.15) is 29.7 Å². The summed E-state index contributed by atoms with van der Waals surface area (Å²) in [6.07, 6.45) is 4.20. The van der Waals surface area contributed by atoms with Crippen molar-refractivity contribution in [2.75, 3.05) is 5.32 Å². The molecule has 30 heavy (non-hydrogen) atoms. The third-order valence-corrected chi connectivity index (χ3v) is 4.81. The molecule has 1 aromatic carbocycles. The summed E-state index contributed by atoms with van der Waals surface area (Å²) in [5.74, 6) is 0.484. The van der Waals surface area contributed by atoms with Crippen LogP contribution in [-0.4, -0.2) is 33.8 Å². The smallest absolute Gasteiger partial charge is 0.407 e. The van der Waals surface area contributed by atoms with Crippen molar-refractivity contribution in [2.24, 2.45) is 0 Å². The number of amides is 1. The van der Waals surface area contributed by atoms with E-state index >= 15 is 0 Å². The SMILES string of the molecule is CC(C)(C)OC(=O)NC1CCC(Oc2cc(Nc3ccc(F)c(Cl)c3)ncn2)CC1. The van der Waals surface area contributed by atoms with Gasteiger partial charge in [0.05, 0.1) is 5.02 Å². The molecule has 0 atom stereocenters. The van der Waals surface area contributed by atoms with E-state index in [9.17, 15) is 9.18 Å². The van der Waals surface area contributed by atoms with Crippen LogP contribution < -0.4 is 15.4 Å². The molecule has 3 rings (SSSR count). The average molecular weight is 437 g/mol. The molecule has 2 aromatic rings. The van der Waals surface area contributed by atoms with Crippen LogP contribution in [0.15, 0.2) is 30.6 Å². The van der Waals surface area contributed by atoms with Crippen molar-refractivity contribution in [3.05, 3.63) is 41.4 Å². The number of ether oxygens (including phenoxy) is 2. The van der Waals surface area contributed by atoms with Gasteiger partial charge in [-0.1, -0.05) is 11.6 Å². The molecule has 2 N–H and O–H groups in total. The zero-order chi connectivity index (χ0) is 21.7. The van der Waals surface area contributed by atoms with Gasteiger partial charge < -0.3 is 20.1 Å². The maximum atomic E-state index is 13.3. The molecule has 0 aliphatic heterocycles. The molecule has 0 bridgehead atoms. The minimum atomic E-state index is -0.512. The van der Waals surface area contributed by atoms with Crippen molar-refractivity contribution >= 4 is 29.2 Å². The largest absolute Gasteiger partial charge is 0.474 e. The lowest BCUT2D eigenvalue weighted by Gasteiger charge is -2.30. The zero-order valence-corrected chi connectivity index (χ0v) is 18.0. The number of carbonyl (C=O) groups excluding carboxylic acids is 1. The molecular weight excluding hydrogens is 411 g/mol. The highest BCUT2D eigenvalue weighted by Crippen LogP contribution is 2.26. The summed E-state index contributed by atoms with van der Waals surface area (Å²) < 4.78 is 24.6. The van der Waals surface area contributed by atoms with Crippen molar-refractivity contribution in [3.63, 3.8) is 0 Å². The Bertz CT molecular complexity index is 883. The van der Waals surface area contributed by atoms with Crippen LogP contribution in [0.4, 0.5) is 20.7 Å². The first-order valence-corrected chi connectivity index (χ1v) is 10.3. The third-order valence-electron chi connectivity index (χ3n) is 4.52. The van der Waals surface area contributed by atoms with Crippen molar-refractivity contribution < 1.29 is 18.7 Å². The Labute approximate surface area is 180 Å². The van der Waals surface area contributed by atoms with Crippen LogP contribution in [0, 0.1) is 5.82 Å². The van der Waals surface area contributed by atoms with Crippen molar-refractivity contribution in [3.8, 4) is 5.88 Å². The number of carbonyl (C=O) groups is 1. The van der Waals surface area contributed by atoms with Crippen LogP contribution in [0.3, 0.4) is 0 Å². The summed E-state index contributed by atoms with van der Waals surface area (Å²) >= 11 is 5.81. The number of aromatic nitrogens is 2. The molecule has 0 saturated heterocycles. The topological polar surface area (TPSA) is 85.4 Å². The fraction of sp³-hybridized carbons (Fsp3) is 0.476. The molecule has 0 spiro atoms. The Balaban J connectivity index is 1.50. The first-order valence-electron chi connectivity index (χ1n) is 9.88. The molecule has 1 fully saturated rings. The number of rotatable bonds is 5. The highest BCUT2D eigenvalue weighted by molar-refractivity contribution is 6.31. The van der Waals surface area contributed by atoms with E-state index in [-0.39, 0.29) is 23.3 Å². The summed E-state index contributed by atoms with van der Waals surface area (Å²) in [6, 6.07) is 6.10. The van der Waals surface area contributed by atoms with Crippen molar-refractivity contribution in [1.82, 2.24) is 15.3 Å². The van der Waals surface area contributed by atoms with Gasteiger partial charge in [-0.15, -0.1) is 0 Å². The Morgan fingerprint density at radius 3 is 2.57 bits per heavy atom. The molecule has 162 valence electrons. The monoisotopic (exact) mass is 436 g/mol. The molecule has 1 aliphatic rings. The lowest BCUT2D eigenvalue weighted by molar-refractivity contribution is 0.0469. The van der Waals surface area contributed by atoms with E-state index in [1.807, 2.05) is 20.8 Å². The molecular formula is C21H26ClFN4O3. The molecule has 7 nitrogen and oxygen atoms in total. The molecule has 1 aromatic heterocycles. The van der Waals surface area contributed by atoms with Crippen molar-refractivity contribution in [2.45, 2.75) is 64.2 Å². The molecule has 1 amide bonds. The van der Waals surface area contributed by atoms with Crippen molar-refractivity contribution in [1.29, 1.82) is 0 Å². The summed E-state index contributed by atoms with van der Waals surface area (Å²) in [4.78, 5) is 20.2. The predicted octanol–water partition coefficient (Wildman–Crippen LogP) is 5.23. The number of benzene rings is 1. The van der Waals surface area contributed by atoms with Crippen LogP contribution in [0.25, 0.3) is 0 Å². The Kier molecular flexibility index (Phi) is 6.97. The van der Waals surface area contributed by atoms with Crippen LogP contribution in [0.2, 0.25) is 5.02 Å². The summed E-state index contributed by atoms with van der Waals surface area (Å²) in [5, 5.41) is 6.00. The lowest BCUT2D eigenvalue weighted by atomic mass is 9.93. The average Bonchev–Trinajstić information content (AvgIpc) is 2.65. The van der Waals surface area contributed by atoms with E-state index in [1.54, 1.807) is 12.1 Å². The highest BCUT2D eigenvalue weighted by atomic mass is 35.5. The lowest BCUT2D eigenvalue weighted by Crippen LogP contribution is -2.42. The van der Waals surface area contributed by atoms with E-state index in [4.69, 9.17) is 21.1 Å². The second-order valence-electron chi connectivity index (χ2n) is 8.23. The Morgan fingerprint density at radius 2 is 1.90 bits per heavy atom. The number of nitrogens with zero attached hydrogens (tertiary/aromatic N) is 2. The minimum absolute atomic E-state index is 0.00435. The normalized spacial score (nSPS) is 19.1. The number of alkyl carbamates (subject to hydrolysis) is 1. The van der Waals surface area contributed by atoms with Gasteiger partial charge in [0, 0.05) is 17.8 Å². The van der Waals surface area contributed by atoms with Crippen LogP contribution in [0.5, 0.6) is 5.88 Å². The number of hydrogen-bond donors (Lipinski definition) is 2. The van der Waals surface area contributed by atoms with E-state index < -0.39 is 11.4 Å². The molecule has 9 heteroatoms. The first kappa shape index (κ1) is 22.1. The maximum Gasteiger partial charge on any atom is 0.407 e. The predicted molar refractivity (Wildman–Crippen MR) is 113 cm³/mol. The molecule has 0 radical (unpaired) electrons. The Morgan fingerprint density at radius 1 is 1.17 bits per heavy atom. The molecule has 1 saturated carbocycles.